The summed E-state index contributed by atoms with van der Waals surface area (Å²) in [6.45, 7) is 13.8. The summed E-state index contributed by atoms with van der Waals surface area (Å²) in [7, 11) is 0. The Hall–Kier alpha value is -1.06. The molecule has 2 rings (SSSR count). The van der Waals surface area contributed by atoms with Crippen LogP contribution in [-0.4, -0.2) is 49.3 Å². The molecule has 0 spiro atoms. The normalized spacial score (nSPS) is 16.0. The van der Waals surface area contributed by atoms with Crippen LogP contribution in [-0.2, 0) is 0 Å². The third-order valence-corrected chi connectivity index (χ3v) is 3.69. The fraction of sp³-hybridized carbons (Fsp3) is 0.647. The summed E-state index contributed by atoms with van der Waals surface area (Å²) in [5, 5.41) is 8.94. The molecular formula is C17H30N2O. The van der Waals surface area contributed by atoms with Crippen molar-refractivity contribution in [3.63, 3.8) is 0 Å². The summed E-state index contributed by atoms with van der Waals surface area (Å²) in [6, 6.07) is 8.88. The molecule has 0 saturated carbocycles. The fourth-order valence-electron chi connectivity index (χ4n) is 2.45. The van der Waals surface area contributed by atoms with E-state index in [1.807, 2.05) is 13.8 Å². The minimum absolute atomic E-state index is 0.267. The molecule has 20 heavy (non-hydrogen) atoms. The lowest BCUT2D eigenvalue weighted by molar-refractivity contribution is 0.189. The molecule has 3 nitrogen and oxygen atoms in total. The minimum Gasteiger partial charge on any atom is -0.395 e. The number of aliphatic hydroxyl groups excluding tert-OH is 1. The van der Waals surface area contributed by atoms with E-state index in [4.69, 9.17) is 5.11 Å². The zero-order valence-corrected chi connectivity index (χ0v) is 13.5. The molecule has 0 radical (unpaired) electrons. The van der Waals surface area contributed by atoms with E-state index in [9.17, 15) is 0 Å². The van der Waals surface area contributed by atoms with Crippen molar-refractivity contribution in [3.05, 3.63) is 29.8 Å². The summed E-state index contributed by atoms with van der Waals surface area (Å²) in [5.41, 5.74) is 2.75. The lowest BCUT2D eigenvalue weighted by Crippen LogP contribution is -2.47. The molecule has 1 heterocycles. The van der Waals surface area contributed by atoms with Crippen LogP contribution in [0.15, 0.2) is 24.3 Å². The quantitative estimate of drug-likeness (QED) is 0.917. The number of anilines is 1. The van der Waals surface area contributed by atoms with Gasteiger partial charge in [-0.05, 0) is 23.6 Å². The molecule has 1 aromatic rings. The Morgan fingerprint density at radius 3 is 2.30 bits per heavy atom. The van der Waals surface area contributed by atoms with Crippen molar-refractivity contribution in [3.8, 4) is 0 Å². The molecular weight excluding hydrogens is 248 g/mol. The highest BCUT2D eigenvalue weighted by atomic mass is 16.3. The van der Waals surface area contributed by atoms with E-state index in [0.29, 0.717) is 5.92 Å². The van der Waals surface area contributed by atoms with Crippen LogP contribution in [0, 0.1) is 0 Å². The van der Waals surface area contributed by atoms with Crippen molar-refractivity contribution in [2.24, 2.45) is 0 Å². The molecule has 1 fully saturated rings. The van der Waals surface area contributed by atoms with Crippen molar-refractivity contribution < 1.29 is 5.11 Å². The third-order valence-electron chi connectivity index (χ3n) is 3.69. The van der Waals surface area contributed by atoms with Crippen molar-refractivity contribution in [2.75, 3.05) is 44.2 Å². The number of nitrogens with zero attached hydrogens (tertiary/aromatic N) is 2. The van der Waals surface area contributed by atoms with Gasteiger partial charge >= 0.3 is 0 Å². The maximum absolute atomic E-state index is 8.94. The van der Waals surface area contributed by atoms with E-state index in [-0.39, 0.29) is 6.61 Å². The molecule has 0 bridgehead atoms. The Kier molecular flexibility index (Phi) is 7.63. The van der Waals surface area contributed by atoms with Gasteiger partial charge in [0, 0.05) is 38.4 Å². The number of aliphatic hydroxyl groups is 1. The first kappa shape index (κ1) is 17.0. The SMILES string of the molecule is CC.CC(C)c1cccc(N2CCN(CCO)CC2)c1. The fourth-order valence-corrected chi connectivity index (χ4v) is 2.45. The lowest BCUT2D eigenvalue weighted by atomic mass is 10.0. The standard InChI is InChI=1S/C15H24N2O.C2H6/c1-13(2)14-4-3-5-15(12-14)17-8-6-16(7-9-17)10-11-18;1-2/h3-5,12-13,18H,6-11H2,1-2H3;1-2H3. The topological polar surface area (TPSA) is 26.7 Å². The highest BCUT2D eigenvalue weighted by Gasteiger charge is 2.16. The Bertz CT molecular complexity index is 371. The van der Waals surface area contributed by atoms with Crippen molar-refractivity contribution in [1.82, 2.24) is 4.90 Å². The second-order valence-corrected chi connectivity index (χ2v) is 5.30. The van der Waals surface area contributed by atoms with Crippen molar-refractivity contribution >= 4 is 5.69 Å². The zero-order valence-electron chi connectivity index (χ0n) is 13.5. The van der Waals surface area contributed by atoms with E-state index in [1.165, 1.54) is 11.3 Å². The van der Waals surface area contributed by atoms with Gasteiger partial charge in [0.25, 0.3) is 0 Å². The molecule has 0 unspecified atom stereocenters. The average Bonchev–Trinajstić information content (AvgIpc) is 2.50. The van der Waals surface area contributed by atoms with Crippen LogP contribution in [0.25, 0.3) is 0 Å². The Balaban J connectivity index is 0.000000956. The summed E-state index contributed by atoms with van der Waals surface area (Å²) in [5.74, 6) is 0.584. The smallest absolute Gasteiger partial charge is 0.0558 e. The number of rotatable bonds is 4. The number of benzene rings is 1. The van der Waals surface area contributed by atoms with Gasteiger partial charge in [-0.1, -0.05) is 39.8 Å². The zero-order chi connectivity index (χ0) is 15.0. The summed E-state index contributed by atoms with van der Waals surface area (Å²) >= 11 is 0. The van der Waals surface area contributed by atoms with Gasteiger partial charge in [-0.2, -0.15) is 0 Å². The lowest BCUT2D eigenvalue weighted by Gasteiger charge is -2.36. The van der Waals surface area contributed by atoms with Gasteiger partial charge < -0.3 is 10.0 Å². The second-order valence-electron chi connectivity index (χ2n) is 5.30. The third kappa shape index (κ3) is 4.80. The molecule has 0 amide bonds. The van der Waals surface area contributed by atoms with Crippen LogP contribution < -0.4 is 4.90 Å². The number of hydrogen-bond donors (Lipinski definition) is 1. The number of piperazine rings is 1. The second kappa shape index (κ2) is 8.98. The van der Waals surface area contributed by atoms with E-state index in [0.717, 1.165) is 32.7 Å². The van der Waals surface area contributed by atoms with Gasteiger partial charge in [-0.15, -0.1) is 0 Å². The van der Waals surface area contributed by atoms with Gasteiger partial charge in [-0.25, -0.2) is 0 Å². The van der Waals surface area contributed by atoms with E-state index >= 15 is 0 Å². The van der Waals surface area contributed by atoms with Crippen LogP contribution in [0.3, 0.4) is 0 Å². The highest BCUT2D eigenvalue weighted by Crippen LogP contribution is 2.22. The van der Waals surface area contributed by atoms with Crippen LogP contribution in [0.2, 0.25) is 0 Å². The van der Waals surface area contributed by atoms with Gasteiger partial charge in [0.1, 0.15) is 0 Å². The maximum atomic E-state index is 8.94. The van der Waals surface area contributed by atoms with Gasteiger partial charge in [-0.3, -0.25) is 4.90 Å². The molecule has 1 saturated heterocycles. The molecule has 3 heteroatoms. The van der Waals surface area contributed by atoms with Crippen LogP contribution >= 0.6 is 0 Å². The first-order chi connectivity index (χ1) is 9.70. The predicted molar refractivity (Wildman–Crippen MR) is 87.6 cm³/mol. The molecule has 1 aliphatic heterocycles. The van der Waals surface area contributed by atoms with Gasteiger partial charge in [0.05, 0.1) is 6.61 Å². The molecule has 1 aliphatic rings. The van der Waals surface area contributed by atoms with Gasteiger partial charge in [0.15, 0.2) is 0 Å². The van der Waals surface area contributed by atoms with E-state index < -0.39 is 0 Å². The van der Waals surface area contributed by atoms with Crippen molar-refractivity contribution in [1.29, 1.82) is 0 Å². The van der Waals surface area contributed by atoms with Crippen molar-refractivity contribution in [2.45, 2.75) is 33.6 Å². The average molecular weight is 278 g/mol. The first-order valence-corrected chi connectivity index (χ1v) is 7.89. The molecule has 1 N–H and O–H groups in total. The minimum atomic E-state index is 0.267. The largest absolute Gasteiger partial charge is 0.395 e. The van der Waals surface area contributed by atoms with Gasteiger partial charge in [0.2, 0.25) is 0 Å². The molecule has 0 aromatic heterocycles. The molecule has 114 valence electrons. The highest BCUT2D eigenvalue weighted by molar-refractivity contribution is 5.49. The van der Waals surface area contributed by atoms with Crippen LogP contribution in [0.4, 0.5) is 5.69 Å². The predicted octanol–water partition coefficient (Wildman–Crippen LogP) is 2.95. The maximum Gasteiger partial charge on any atom is 0.0558 e. The first-order valence-electron chi connectivity index (χ1n) is 7.89. The Labute approximate surface area is 124 Å². The number of β-amino-alcohol motifs (C(OH)–C–C–N with tert-alkyl or cyclic N) is 1. The molecule has 0 aliphatic carbocycles. The van der Waals surface area contributed by atoms with Crippen LogP contribution in [0.1, 0.15) is 39.2 Å². The molecule has 1 aromatic carbocycles. The Morgan fingerprint density at radius 1 is 1.10 bits per heavy atom. The number of hydrogen-bond acceptors (Lipinski definition) is 3. The Morgan fingerprint density at radius 2 is 1.75 bits per heavy atom. The van der Waals surface area contributed by atoms with Crippen LogP contribution in [0.5, 0.6) is 0 Å². The summed E-state index contributed by atoms with van der Waals surface area (Å²) < 4.78 is 0. The van der Waals surface area contributed by atoms with E-state index in [1.54, 1.807) is 0 Å². The molecule has 0 atom stereocenters. The summed E-state index contributed by atoms with van der Waals surface area (Å²) in [6.07, 6.45) is 0. The summed E-state index contributed by atoms with van der Waals surface area (Å²) in [4.78, 5) is 4.77. The van der Waals surface area contributed by atoms with E-state index in [2.05, 4.69) is 47.9 Å². The monoisotopic (exact) mass is 278 g/mol.